The molecule has 2 aromatic rings. The largest absolute Gasteiger partial charge is 0.369 e. The highest BCUT2D eigenvalue weighted by molar-refractivity contribution is 5.92. The molecule has 1 aliphatic rings. The first-order chi connectivity index (χ1) is 9.15. The molecule has 19 heavy (non-hydrogen) atoms. The molecule has 3 heteroatoms. The molecule has 100 valence electrons. The quantitative estimate of drug-likeness (QED) is 0.852. The number of aryl methyl sites for hydroxylation is 1. The van der Waals surface area contributed by atoms with Crippen molar-refractivity contribution in [3.05, 3.63) is 36.0 Å². The molecule has 0 radical (unpaired) electrons. The van der Waals surface area contributed by atoms with Crippen LogP contribution in [0.4, 0.5) is 5.69 Å². The van der Waals surface area contributed by atoms with E-state index in [2.05, 4.69) is 48.0 Å². The van der Waals surface area contributed by atoms with E-state index in [-0.39, 0.29) is 6.04 Å². The van der Waals surface area contributed by atoms with Gasteiger partial charge in [-0.3, -0.25) is 4.98 Å². The summed E-state index contributed by atoms with van der Waals surface area (Å²) in [5, 5.41) is 1.23. The van der Waals surface area contributed by atoms with Crippen molar-refractivity contribution in [2.75, 3.05) is 18.0 Å². The third-order valence-electron chi connectivity index (χ3n) is 4.18. The number of fused-ring (bicyclic) bond motifs is 1. The van der Waals surface area contributed by atoms with Crippen LogP contribution < -0.4 is 10.6 Å². The van der Waals surface area contributed by atoms with Crippen LogP contribution in [0.1, 0.15) is 19.0 Å². The third-order valence-corrected chi connectivity index (χ3v) is 4.18. The normalized spacial score (nSPS) is 23.8. The number of piperidine rings is 1. The van der Waals surface area contributed by atoms with Gasteiger partial charge < -0.3 is 10.6 Å². The molecule has 1 aromatic heterocycles. The monoisotopic (exact) mass is 255 g/mol. The zero-order chi connectivity index (χ0) is 13.4. The minimum absolute atomic E-state index is 0.265. The molecule has 2 N–H and O–H groups in total. The predicted molar refractivity (Wildman–Crippen MR) is 80.4 cm³/mol. The SMILES string of the molecule is Cc1cc(N2CCC(C)C(N)C2)c2ccccc2n1. The standard InChI is InChI=1S/C16H21N3/c1-11-7-8-19(10-14(11)17)16-9-12(2)18-15-6-4-3-5-13(15)16/h3-6,9,11,14H,7-8,10,17H2,1-2H3. The van der Waals surface area contributed by atoms with E-state index >= 15 is 0 Å². The summed E-state index contributed by atoms with van der Waals surface area (Å²) in [6.45, 7) is 6.33. The number of nitrogens with two attached hydrogens (primary N) is 1. The molecule has 0 aliphatic carbocycles. The highest BCUT2D eigenvalue weighted by Gasteiger charge is 2.24. The van der Waals surface area contributed by atoms with Crippen molar-refractivity contribution in [2.45, 2.75) is 26.3 Å². The maximum Gasteiger partial charge on any atom is 0.0726 e. The molecule has 0 amide bonds. The number of hydrogen-bond acceptors (Lipinski definition) is 3. The van der Waals surface area contributed by atoms with Crippen molar-refractivity contribution in [2.24, 2.45) is 11.7 Å². The van der Waals surface area contributed by atoms with Gasteiger partial charge in [0, 0.05) is 35.9 Å². The van der Waals surface area contributed by atoms with Crippen LogP contribution in [-0.2, 0) is 0 Å². The second-order valence-electron chi connectivity index (χ2n) is 5.68. The second-order valence-corrected chi connectivity index (χ2v) is 5.68. The molecule has 3 nitrogen and oxygen atoms in total. The van der Waals surface area contributed by atoms with Crippen molar-refractivity contribution >= 4 is 16.6 Å². The van der Waals surface area contributed by atoms with E-state index < -0.39 is 0 Å². The average Bonchev–Trinajstić information content (AvgIpc) is 2.41. The van der Waals surface area contributed by atoms with E-state index in [1.807, 2.05) is 6.07 Å². The van der Waals surface area contributed by atoms with Gasteiger partial charge in [0.1, 0.15) is 0 Å². The molecular weight excluding hydrogens is 234 g/mol. The number of hydrogen-bond donors (Lipinski definition) is 1. The summed E-state index contributed by atoms with van der Waals surface area (Å²) in [4.78, 5) is 7.03. The minimum atomic E-state index is 0.265. The van der Waals surface area contributed by atoms with E-state index in [0.717, 1.165) is 30.7 Å². The van der Waals surface area contributed by atoms with E-state index in [1.54, 1.807) is 0 Å². The van der Waals surface area contributed by atoms with Gasteiger partial charge in [-0.15, -0.1) is 0 Å². The molecular formula is C16H21N3. The Bertz CT molecular complexity index is 594. The van der Waals surface area contributed by atoms with Gasteiger partial charge >= 0.3 is 0 Å². The number of para-hydroxylation sites is 1. The van der Waals surface area contributed by atoms with Gasteiger partial charge in [0.15, 0.2) is 0 Å². The van der Waals surface area contributed by atoms with Crippen molar-refractivity contribution in [3.63, 3.8) is 0 Å². The van der Waals surface area contributed by atoms with Gasteiger partial charge in [-0.25, -0.2) is 0 Å². The fourth-order valence-electron chi connectivity index (χ4n) is 2.87. The maximum atomic E-state index is 6.23. The summed E-state index contributed by atoms with van der Waals surface area (Å²) in [5.41, 5.74) is 9.66. The van der Waals surface area contributed by atoms with Gasteiger partial charge in [0.25, 0.3) is 0 Å². The van der Waals surface area contributed by atoms with E-state index in [4.69, 9.17) is 5.73 Å². The van der Waals surface area contributed by atoms with E-state index in [0.29, 0.717) is 5.92 Å². The molecule has 3 rings (SSSR count). The zero-order valence-electron chi connectivity index (χ0n) is 11.6. The van der Waals surface area contributed by atoms with Crippen LogP contribution in [0.25, 0.3) is 10.9 Å². The molecule has 1 aromatic carbocycles. The fraction of sp³-hybridized carbons (Fsp3) is 0.438. The average molecular weight is 255 g/mol. The summed E-state index contributed by atoms with van der Waals surface area (Å²) in [7, 11) is 0. The van der Waals surface area contributed by atoms with E-state index in [1.165, 1.54) is 11.1 Å². The van der Waals surface area contributed by atoms with Gasteiger partial charge in [-0.1, -0.05) is 25.1 Å². The number of anilines is 1. The zero-order valence-corrected chi connectivity index (χ0v) is 11.6. The maximum absolute atomic E-state index is 6.23. The number of nitrogens with zero attached hydrogens (tertiary/aromatic N) is 2. The Hall–Kier alpha value is -1.61. The fourth-order valence-corrected chi connectivity index (χ4v) is 2.87. The number of rotatable bonds is 1. The molecule has 2 unspecified atom stereocenters. The van der Waals surface area contributed by atoms with Crippen LogP contribution in [0, 0.1) is 12.8 Å². The van der Waals surface area contributed by atoms with Crippen LogP contribution in [-0.4, -0.2) is 24.1 Å². The smallest absolute Gasteiger partial charge is 0.0726 e. The lowest BCUT2D eigenvalue weighted by Crippen LogP contribution is -2.47. The Morgan fingerprint density at radius 3 is 2.89 bits per heavy atom. The van der Waals surface area contributed by atoms with Crippen molar-refractivity contribution in [3.8, 4) is 0 Å². The molecule has 0 saturated carbocycles. The first-order valence-electron chi connectivity index (χ1n) is 7.02. The molecule has 2 atom stereocenters. The lowest BCUT2D eigenvalue weighted by Gasteiger charge is -2.37. The van der Waals surface area contributed by atoms with Crippen LogP contribution in [0.3, 0.4) is 0 Å². The van der Waals surface area contributed by atoms with Gasteiger partial charge in [-0.05, 0) is 31.4 Å². The van der Waals surface area contributed by atoms with Gasteiger partial charge in [0.05, 0.1) is 5.52 Å². The van der Waals surface area contributed by atoms with Crippen LogP contribution in [0.15, 0.2) is 30.3 Å². The Morgan fingerprint density at radius 1 is 1.32 bits per heavy atom. The highest BCUT2D eigenvalue weighted by Crippen LogP contribution is 2.29. The first-order valence-corrected chi connectivity index (χ1v) is 7.02. The number of pyridine rings is 1. The van der Waals surface area contributed by atoms with Crippen LogP contribution in [0.2, 0.25) is 0 Å². The highest BCUT2D eigenvalue weighted by atomic mass is 15.2. The summed E-state index contributed by atoms with van der Waals surface area (Å²) < 4.78 is 0. The predicted octanol–water partition coefficient (Wildman–Crippen LogP) is 2.72. The van der Waals surface area contributed by atoms with Crippen molar-refractivity contribution in [1.82, 2.24) is 4.98 Å². The van der Waals surface area contributed by atoms with E-state index in [9.17, 15) is 0 Å². The van der Waals surface area contributed by atoms with Crippen molar-refractivity contribution in [1.29, 1.82) is 0 Å². The summed E-state index contributed by atoms with van der Waals surface area (Å²) in [5.74, 6) is 0.616. The number of aromatic nitrogens is 1. The first kappa shape index (κ1) is 12.4. The number of benzene rings is 1. The Morgan fingerprint density at radius 2 is 2.11 bits per heavy atom. The molecule has 1 saturated heterocycles. The Kier molecular flexibility index (Phi) is 3.15. The Balaban J connectivity index is 2.05. The minimum Gasteiger partial charge on any atom is -0.369 e. The molecule has 0 spiro atoms. The molecule has 2 heterocycles. The molecule has 1 fully saturated rings. The molecule has 0 bridgehead atoms. The van der Waals surface area contributed by atoms with Gasteiger partial charge in [-0.2, -0.15) is 0 Å². The molecule has 1 aliphatic heterocycles. The summed E-state index contributed by atoms with van der Waals surface area (Å²) >= 11 is 0. The third kappa shape index (κ3) is 2.30. The Labute approximate surface area is 114 Å². The summed E-state index contributed by atoms with van der Waals surface area (Å²) in [6.07, 6.45) is 1.16. The van der Waals surface area contributed by atoms with Crippen LogP contribution in [0.5, 0.6) is 0 Å². The summed E-state index contributed by atoms with van der Waals surface area (Å²) in [6, 6.07) is 10.8. The lowest BCUT2D eigenvalue weighted by atomic mass is 9.93. The van der Waals surface area contributed by atoms with Crippen molar-refractivity contribution < 1.29 is 0 Å². The second kappa shape index (κ2) is 4.82. The van der Waals surface area contributed by atoms with Gasteiger partial charge in [0.2, 0.25) is 0 Å². The lowest BCUT2D eigenvalue weighted by molar-refractivity contribution is 0.379. The van der Waals surface area contributed by atoms with Crippen LogP contribution >= 0.6 is 0 Å². The topological polar surface area (TPSA) is 42.1 Å².